The van der Waals surface area contributed by atoms with Gasteiger partial charge in [-0.25, -0.2) is 9.97 Å². The standard InChI is InChI=1S/C16H17N3O/c1-10(2)20-13-6-4-5-12(9-13)15-18-14-8-7-11(3)17-16(14)19-15/h4-10H,1-3H3,(H,17,18,19). The summed E-state index contributed by atoms with van der Waals surface area (Å²) in [6, 6.07) is 11.9. The molecule has 102 valence electrons. The topological polar surface area (TPSA) is 50.8 Å². The Bertz CT molecular complexity index is 746. The van der Waals surface area contributed by atoms with Crippen molar-refractivity contribution < 1.29 is 4.74 Å². The minimum absolute atomic E-state index is 0.158. The number of benzene rings is 1. The van der Waals surface area contributed by atoms with Crippen molar-refractivity contribution >= 4 is 11.2 Å². The first-order valence-electron chi connectivity index (χ1n) is 6.72. The summed E-state index contributed by atoms with van der Waals surface area (Å²) < 4.78 is 5.71. The van der Waals surface area contributed by atoms with Crippen LogP contribution in [0.5, 0.6) is 5.75 Å². The number of H-pyrrole nitrogens is 1. The molecule has 0 saturated carbocycles. The largest absolute Gasteiger partial charge is 0.491 e. The van der Waals surface area contributed by atoms with E-state index in [1.54, 1.807) is 0 Å². The molecule has 0 aliphatic heterocycles. The van der Waals surface area contributed by atoms with Gasteiger partial charge >= 0.3 is 0 Å². The van der Waals surface area contributed by atoms with E-state index in [0.717, 1.165) is 34.0 Å². The number of nitrogens with one attached hydrogen (secondary N) is 1. The number of hydrogen-bond donors (Lipinski definition) is 1. The monoisotopic (exact) mass is 267 g/mol. The summed E-state index contributed by atoms with van der Waals surface area (Å²) in [5, 5.41) is 0. The number of pyridine rings is 1. The number of nitrogens with zero attached hydrogens (tertiary/aromatic N) is 2. The van der Waals surface area contributed by atoms with Crippen LogP contribution in [0, 0.1) is 6.92 Å². The van der Waals surface area contributed by atoms with Gasteiger partial charge in [0.15, 0.2) is 5.65 Å². The van der Waals surface area contributed by atoms with Crippen molar-refractivity contribution in [1.82, 2.24) is 15.0 Å². The Labute approximate surface area is 117 Å². The van der Waals surface area contributed by atoms with E-state index in [-0.39, 0.29) is 6.10 Å². The highest BCUT2D eigenvalue weighted by Crippen LogP contribution is 2.24. The Kier molecular flexibility index (Phi) is 3.14. The van der Waals surface area contributed by atoms with E-state index in [1.165, 1.54) is 0 Å². The first-order valence-corrected chi connectivity index (χ1v) is 6.72. The lowest BCUT2D eigenvalue weighted by molar-refractivity contribution is 0.242. The van der Waals surface area contributed by atoms with Crippen molar-refractivity contribution in [2.24, 2.45) is 0 Å². The molecule has 2 aromatic heterocycles. The Morgan fingerprint density at radius 3 is 2.75 bits per heavy atom. The van der Waals surface area contributed by atoms with E-state index in [4.69, 9.17) is 4.74 Å². The van der Waals surface area contributed by atoms with Crippen molar-refractivity contribution in [2.45, 2.75) is 26.9 Å². The highest BCUT2D eigenvalue weighted by molar-refractivity contribution is 5.76. The number of imidazole rings is 1. The van der Waals surface area contributed by atoms with Crippen molar-refractivity contribution in [1.29, 1.82) is 0 Å². The van der Waals surface area contributed by atoms with Crippen molar-refractivity contribution in [3.8, 4) is 17.1 Å². The number of aromatic nitrogens is 3. The second-order valence-corrected chi connectivity index (χ2v) is 5.10. The van der Waals surface area contributed by atoms with Gasteiger partial charge in [0.05, 0.1) is 11.6 Å². The van der Waals surface area contributed by atoms with E-state index in [2.05, 4.69) is 15.0 Å². The summed E-state index contributed by atoms with van der Waals surface area (Å²) in [7, 11) is 0. The maximum atomic E-state index is 5.71. The van der Waals surface area contributed by atoms with Crippen LogP contribution < -0.4 is 4.74 Å². The molecular weight excluding hydrogens is 250 g/mol. The van der Waals surface area contributed by atoms with Crippen LogP contribution in [-0.2, 0) is 0 Å². The first-order chi connectivity index (χ1) is 9.61. The third kappa shape index (κ3) is 2.50. The van der Waals surface area contributed by atoms with Crippen LogP contribution >= 0.6 is 0 Å². The molecule has 0 aliphatic rings. The van der Waals surface area contributed by atoms with Crippen molar-refractivity contribution in [3.63, 3.8) is 0 Å². The van der Waals surface area contributed by atoms with Gasteiger partial charge in [0.2, 0.25) is 0 Å². The minimum Gasteiger partial charge on any atom is -0.491 e. The molecule has 0 atom stereocenters. The van der Waals surface area contributed by atoms with Gasteiger partial charge < -0.3 is 9.72 Å². The molecule has 2 heterocycles. The van der Waals surface area contributed by atoms with Crippen LogP contribution in [0.4, 0.5) is 0 Å². The highest BCUT2D eigenvalue weighted by atomic mass is 16.5. The fourth-order valence-electron chi connectivity index (χ4n) is 2.11. The molecule has 1 aromatic carbocycles. The molecule has 0 unspecified atom stereocenters. The lowest BCUT2D eigenvalue weighted by Gasteiger charge is -2.09. The average Bonchev–Trinajstić information content (AvgIpc) is 2.81. The fraction of sp³-hybridized carbons (Fsp3) is 0.250. The molecule has 20 heavy (non-hydrogen) atoms. The zero-order valence-corrected chi connectivity index (χ0v) is 11.8. The average molecular weight is 267 g/mol. The SMILES string of the molecule is Cc1ccc2[nH]c(-c3cccc(OC(C)C)c3)nc2n1. The van der Waals surface area contributed by atoms with Crippen LogP contribution in [0.2, 0.25) is 0 Å². The smallest absolute Gasteiger partial charge is 0.178 e. The number of ether oxygens (including phenoxy) is 1. The summed E-state index contributed by atoms with van der Waals surface area (Å²) in [5.41, 5.74) is 3.65. The number of aryl methyl sites for hydroxylation is 1. The molecule has 3 rings (SSSR count). The molecule has 0 spiro atoms. The van der Waals surface area contributed by atoms with E-state index in [1.807, 2.05) is 57.2 Å². The van der Waals surface area contributed by atoms with Crippen LogP contribution in [0.3, 0.4) is 0 Å². The summed E-state index contributed by atoms with van der Waals surface area (Å²) in [6.07, 6.45) is 0.158. The molecule has 0 radical (unpaired) electrons. The Morgan fingerprint density at radius 1 is 1.10 bits per heavy atom. The van der Waals surface area contributed by atoms with Crippen molar-refractivity contribution in [2.75, 3.05) is 0 Å². The third-order valence-electron chi connectivity index (χ3n) is 2.96. The molecule has 0 fully saturated rings. The lowest BCUT2D eigenvalue weighted by atomic mass is 10.2. The molecule has 0 bridgehead atoms. The predicted octanol–water partition coefficient (Wildman–Crippen LogP) is 3.72. The molecular formula is C16H17N3O. The number of aromatic amines is 1. The van der Waals surface area contributed by atoms with Gasteiger partial charge in [-0.2, -0.15) is 0 Å². The Balaban J connectivity index is 2.01. The summed E-state index contributed by atoms with van der Waals surface area (Å²) >= 11 is 0. The molecule has 0 saturated heterocycles. The van der Waals surface area contributed by atoms with Gasteiger partial charge in [0, 0.05) is 11.3 Å². The second-order valence-electron chi connectivity index (χ2n) is 5.10. The number of fused-ring (bicyclic) bond motifs is 1. The van der Waals surface area contributed by atoms with Gasteiger partial charge in [0.25, 0.3) is 0 Å². The molecule has 1 N–H and O–H groups in total. The quantitative estimate of drug-likeness (QED) is 0.786. The van der Waals surface area contributed by atoms with Crippen molar-refractivity contribution in [3.05, 3.63) is 42.1 Å². The molecule has 0 aliphatic carbocycles. The second kappa shape index (κ2) is 4.96. The van der Waals surface area contributed by atoms with Crippen LogP contribution in [-0.4, -0.2) is 21.1 Å². The lowest BCUT2D eigenvalue weighted by Crippen LogP contribution is -2.05. The molecule has 4 nitrogen and oxygen atoms in total. The van der Waals surface area contributed by atoms with Crippen LogP contribution in [0.1, 0.15) is 19.5 Å². The van der Waals surface area contributed by atoms with Gasteiger partial charge in [-0.3, -0.25) is 0 Å². The maximum Gasteiger partial charge on any atom is 0.178 e. The van der Waals surface area contributed by atoms with Gasteiger partial charge in [-0.15, -0.1) is 0 Å². The minimum atomic E-state index is 0.158. The molecule has 0 amide bonds. The normalized spacial score (nSPS) is 11.2. The molecule has 3 aromatic rings. The fourth-order valence-corrected chi connectivity index (χ4v) is 2.11. The summed E-state index contributed by atoms with van der Waals surface area (Å²) in [5.74, 6) is 1.66. The Hall–Kier alpha value is -2.36. The number of hydrogen-bond acceptors (Lipinski definition) is 3. The zero-order chi connectivity index (χ0) is 14.1. The van der Waals surface area contributed by atoms with Crippen LogP contribution in [0.15, 0.2) is 36.4 Å². The predicted molar refractivity (Wildman–Crippen MR) is 79.8 cm³/mol. The van der Waals surface area contributed by atoms with Gasteiger partial charge in [-0.1, -0.05) is 12.1 Å². The summed E-state index contributed by atoms with van der Waals surface area (Å²) in [4.78, 5) is 12.3. The van der Waals surface area contributed by atoms with E-state index in [0.29, 0.717) is 0 Å². The zero-order valence-electron chi connectivity index (χ0n) is 11.8. The Morgan fingerprint density at radius 2 is 1.95 bits per heavy atom. The summed E-state index contributed by atoms with van der Waals surface area (Å²) in [6.45, 7) is 5.99. The maximum absolute atomic E-state index is 5.71. The van der Waals surface area contributed by atoms with E-state index in [9.17, 15) is 0 Å². The first kappa shape index (κ1) is 12.7. The highest BCUT2D eigenvalue weighted by Gasteiger charge is 2.08. The van der Waals surface area contributed by atoms with E-state index >= 15 is 0 Å². The van der Waals surface area contributed by atoms with Gasteiger partial charge in [0.1, 0.15) is 11.6 Å². The molecule has 4 heteroatoms. The number of rotatable bonds is 3. The van der Waals surface area contributed by atoms with Crippen LogP contribution in [0.25, 0.3) is 22.6 Å². The van der Waals surface area contributed by atoms with Gasteiger partial charge in [-0.05, 0) is 45.0 Å². The van der Waals surface area contributed by atoms with E-state index < -0.39 is 0 Å². The third-order valence-corrected chi connectivity index (χ3v) is 2.96.